The van der Waals surface area contributed by atoms with Gasteiger partial charge in [0.05, 0.1) is 4.47 Å². The molecule has 0 N–H and O–H groups in total. The summed E-state index contributed by atoms with van der Waals surface area (Å²) < 4.78 is 1.16. The van der Waals surface area contributed by atoms with Gasteiger partial charge in [-0.05, 0) is 60.8 Å². The van der Waals surface area contributed by atoms with Crippen molar-refractivity contribution in [3.05, 3.63) is 22.3 Å². The van der Waals surface area contributed by atoms with Crippen molar-refractivity contribution >= 4 is 21.7 Å². The first-order chi connectivity index (χ1) is 8.66. The predicted octanol–water partition coefficient (Wildman–Crippen LogP) is 2.83. The van der Waals surface area contributed by atoms with E-state index in [0.29, 0.717) is 6.04 Å². The summed E-state index contributed by atoms with van der Waals surface area (Å²) in [6, 6.07) is 3.54. The standard InChI is InChI=1S/C14H20BrN3/c1-10-5-7-16-14(13(10)15)18-8-6-11-3-4-12(9-18)17(11)2/h5,7,11-12H,3-4,6,8-9H2,1-2H3. The molecule has 18 heavy (non-hydrogen) atoms. The lowest BCUT2D eigenvalue weighted by molar-refractivity contribution is 0.254. The summed E-state index contributed by atoms with van der Waals surface area (Å²) in [6.45, 7) is 4.37. The molecule has 0 amide bonds. The van der Waals surface area contributed by atoms with Crippen LogP contribution in [-0.2, 0) is 0 Å². The minimum atomic E-state index is 0.701. The molecule has 2 unspecified atom stereocenters. The molecule has 2 aliphatic heterocycles. The van der Waals surface area contributed by atoms with E-state index in [-0.39, 0.29) is 0 Å². The van der Waals surface area contributed by atoms with E-state index in [1.54, 1.807) is 0 Å². The summed E-state index contributed by atoms with van der Waals surface area (Å²) in [5.74, 6) is 1.12. The fourth-order valence-electron chi connectivity index (χ4n) is 3.25. The molecule has 2 aliphatic rings. The average molecular weight is 310 g/mol. The summed E-state index contributed by atoms with van der Waals surface area (Å²) in [5.41, 5.74) is 1.27. The van der Waals surface area contributed by atoms with Crippen LogP contribution in [0.3, 0.4) is 0 Å². The molecular formula is C14H20BrN3. The van der Waals surface area contributed by atoms with Crippen LogP contribution >= 0.6 is 15.9 Å². The summed E-state index contributed by atoms with van der Waals surface area (Å²) >= 11 is 3.69. The van der Waals surface area contributed by atoms with Crippen molar-refractivity contribution in [3.8, 4) is 0 Å². The van der Waals surface area contributed by atoms with Gasteiger partial charge in [-0.25, -0.2) is 4.98 Å². The molecule has 0 aliphatic carbocycles. The number of halogens is 1. The van der Waals surface area contributed by atoms with E-state index in [2.05, 4.69) is 50.8 Å². The smallest absolute Gasteiger partial charge is 0.143 e. The molecule has 4 heteroatoms. The van der Waals surface area contributed by atoms with Gasteiger partial charge in [0.25, 0.3) is 0 Å². The van der Waals surface area contributed by atoms with Crippen molar-refractivity contribution in [2.75, 3.05) is 25.0 Å². The van der Waals surface area contributed by atoms with Crippen molar-refractivity contribution in [1.29, 1.82) is 0 Å². The third kappa shape index (κ3) is 2.05. The van der Waals surface area contributed by atoms with Gasteiger partial charge in [-0.1, -0.05) is 0 Å². The Morgan fingerprint density at radius 3 is 2.89 bits per heavy atom. The number of hydrogen-bond acceptors (Lipinski definition) is 3. The Morgan fingerprint density at radius 2 is 2.06 bits per heavy atom. The molecule has 2 atom stereocenters. The second-order valence-corrected chi connectivity index (χ2v) is 6.34. The molecule has 0 spiro atoms. The minimum Gasteiger partial charge on any atom is -0.354 e. The van der Waals surface area contributed by atoms with Gasteiger partial charge in [0.2, 0.25) is 0 Å². The van der Waals surface area contributed by atoms with Gasteiger partial charge in [0.15, 0.2) is 0 Å². The summed E-state index contributed by atoms with van der Waals surface area (Å²) in [7, 11) is 2.28. The Balaban J connectivity index is 1.87. The van der Waals surface area contributed by atoms with Gasteiger partial charge in [-0.2, -0.15) is 0 Å². The number of fused-ring (bicyclic) bond motifs is 2. The lowest BCUT2D eigenvalue weighted by atomic mass is 10.1. The van der Waals surface area contributed by atoms with Crippen LogP contribution in [0, 0.1) is 6.92 Å². The van der Waals surface area contributed by atoms with E-state index < -0.39 is 0 Å². The maximum absolute atomic E-state index is 4.57. The molecule has 2 fully saturated rings. The van der Waals surface area contributed by atoms with E-state index >= 15 is 0 Å². The number of aromatic nitrogens is 1. The lowest BCUT2D eigenvalue weighted by Crippen LogP contribution is -2.37. The highest BCUT2D eigenvalue weighted by Gasteiger charge is 2.35. The molecule has 1 aromatic heterocycles. The summed E-state index contributed by atoms with van der Waals surface area (Å²) in [6.07, 6.45) is 5.88. The van der Waals surface area contributed by atoms with Crippen LogP contribution in [-0.4, -0.2) is 42.1 Å². The Hall–Kier alpha value is -0.610. The lowest BCUT2D eigenvalue weighted by Gasteiger charge is -2.27. The SMILES string of the molecule is Cc1ccnc(N2CCC3CCC(C2)N3C)c1Br. The Kier molecular flexibility index (Phi) is 3.32. The van der Waals surface area contributed by atoms with E-state index in [0.717, 1.165) is 29.4 Å². The van der Waals surface area contributed by atoms with Crippen LogP contribution in [0.25, 0.3) is 0 Å². The van der Waals surface area contributed by atoms with Crippen molar-refractivity contribution in [2.24, 2.45) is 0 Å². The third-order valence-corrected chi connectivity index (χ3v) is 5.49. The Bertz CT molecular complexity index is 449. The highest BCUT2D eigenvalue weighted by Crippen LogP contribution is 2.33. The van der Waals surface area contributed by atoms with Crippen LogP contribution in [0.2, 0.25) is 0 Å². The van der Waals surface area contributed by atoms with Crippen molar-refractivity contribution < 1.29 is 0 Å². The second kappa shape index (κ2) is 4.82. The molecule has 0 saturated carbocycles. The van der Waals surface area contributed by atoms with E-state index in [4.69, 9.17) is 0 Å². The number of nitrogens with zero attached hydrogens (tertiary/aromatic N) is 3. The van der Waals surface area contributed by atoms with Gasteiger partial charge in [0, 0.05) is 31.4 Å². The van der Waals surface area contributed by atoms with Crippen molar-refractivity contribution in [3.63, 3.8) is 0 Å². The fraction of sp³-hybridized carbons (Fsp3) is 0.643. The normalized spacial score (nSPS) is 28.5. The number of aryl methyl sites for hydroxylation is 1. The molecule has 2 saturated heterocycles. The number of rotatable bonds is 1. The van der Waals surface area contributed by atoms with E-state index in [1.807, 2.05) is 6.20 Å². The average Bonchev–Trinajstić information content (AvgIpc) is 2.58. The van der Waals surface area contributed by atoms with Crippen LogP contribution in [0.4, 0.5) is 5.82 Å². The highest BCUT2D eigenvalue weighted by molar-refractivity contribution is 9.10. The highest BCUT2D eigenvalue weighted by atomic mass is 79.9. The molecule has 0 aromatic carbocycles. The van der Waals surface area contributed by atoms with Crippen molar-refractivity contribution in [1.82, 2.24) is 9.88 Å². The van der Waals surface area contributed by atoms with E-state index in [9.17, 15) is 0 Å². The zero-order chi connectivity index (χ0) is 12.7. The number of hydrogen-bond donors (Lipinski definition) is 0. The van der Waals surface area contributed by atoms with Gasteiger partial charge in [-0.15, -0.1) is 0 Å². The van der Waals surface area contributed by atoms with Crippen LogP contribution in [0.1, 0.15) is 24.8 Å². The zero-order valence-corrected chi connectivity index (χ0v) is 12.7. The predicted molar refractivity (Wildman–Crippen MR) is 78.1 cm³/mol. The first-order valence-electron chi connectivity index (χ1n) is 6.75. The van der Waals surface area contributed by atoms with Crippen LogP contribution in [0.5, 0.6) is 0 Å². The molecule has 1 aromatic rings. The number of anilines is 1. The Morgan fingerprint density at radius 1 is 1.28 bits per heavy atom. The molecule has 0 radical (unpaired) electrons. The molecule has 3 nitrogen and oxygen atoms in total. The largest absolute Gasteiger partial charge is 0.354 e. The van der Waals surface area contributed by atoms with Gasteiger partial charge >= 0.3 is 0 Å². The van der Waals surface area contributed by atoms with Crippen molar-refractivity contribution in [2.45, 2.75) is 38.3 Å². The second-order valence-electron chi connectivity index (χ2n) is 5.55. The van der Waals surface area contributed by atoms with Crippen LogP contribution in [0.15, 0.2) is 16.7 Å². The van der Waals surface area contributed by atoms with Gasteiger partial charge < -0.3 is 4.90 Å². The fourth-order valence-corrected chi connectivity index (χ4v) is 3.73. The summed E-state index contributed by atoms with van der Waals surface area (Å²) in [4.78, 5) is 9.60. The molecule has 3 rings (SSSR count). The number of likely N-dealkylation sites (N-methyl/N-ethyl adjacent to an activating group) is 1. The molecule has 2 bridgehead atoms. The third-order valence-electron chi connectivity index (χ3n) is 4.51. The molecule has 98 valence electrons. The maximum atomic E-state index is 4.57. The molecular weight excluding hydrogens is 290 g/mol. The van der Waals surface area contributed by atoms with E-state index in [1.165, 1.54) is 24.8 Å². The molecule has 3 heterocycles. The first-order valence-corrected chi connectivity index (χ1v) is 7.54. The first kappa shape index (κ1) is 12.4. The number of pyridine rings is 1. The van der Waals surface area contributed by atoms with Gasteiger partial charge in [0.1, 0.15) is 5.82 Å². The van der Waals surface area contributed by atoms with Gasteiger partial charge in [-0.3, -0.25) is 4.90 Å². The van der Waals surface area contributed by atoms with Crippen LogP contribution < -0.4 is 4.90 Å². The zero-order valence-electron chi connectivity index (χ0n) is 11.1. The topological polar surface area (TPSA) is 19.4 Å². The maximum Gasteiger partial charge on any atom is 0.143 e. The Labute approximate surface area is 117 Å². The monoisotopic (exact) mass is 309 g/mol. The quantitative estimate of drug-likeness (QED) is 0.795. The minimum absolute atomic E-state index is 0.701. The summed E-state index contributed by atoms with van der Waals surface area (Å²) in [5, 5.41) is 0.